The Kier molecular flexibility index (Phi) is 4.00. The Hall–Kier alpha value is -1.37. The maximum Gasteiger partial charge on any atom is 0.280 e. The van der Waals surface area contributed by atoms with E-state index >= 15 is 0 Å². The van der Waals surface area contributed by atoms with Gasteiger partial charge in [0.15, 0.2) is 4.32 Å². The molecule has 1 aliphatic heterocycles. The van der Waals surface area contributed by atoms with Gasteiger partial charge in [-0.2, -0.15) is 0 Å². The standard InChI is InChI=1S/C12H12N2O2S2/c1-2-16-9-5-3-8(4-6-9)7-10-11(15)14(13)12(17)18-10/h3-7H,2,13H2,1H3. The number of amides is 1. The highest BCUT2D eigenvalue weighted by Gasteiger charge is 2.29. The summed E-state index contributed by atoms with van der Waals surface area (Å²) >= 11 is 6.15. The summed E-state index contributed by atoms with van der Waals surface area (Å²) in [6.45, 7) is 2.56. The van der Waals surface area contributed by atoms with E-state index in [9.17, 15) is 4.79 Å². The molecule has 1 saturated heterocycles. The van der Waals surface area contributed by atoms with Crippen molar-refractivity contribution in [2.75, 3.05) is 6.61 Å². The Morgan fingerprint density at radius 2 is 2.11 bits per heavy atom. The molecule has 1 amide bonds. The van der Waals surface area contributed by atoms with Crippen LogP contribution in [0.1, 0.15) is 12.5 Å². The van der Waals surface area contributed by atoms with Crippen molar-refractivity contribution in [3.05, 3.63) is 34.7 Å². The van der Waals surface area contributed by atoms with Crippen molar-refractivity contribution >= 4 is 40.3 Å². The van der Waals surface area contributed by atoms with Gasteiger partial charge in [0.05, 0.1) is 11.5 Å². The maximum absolute atomic E-state index is 11.7. The third-order valence-electron chi connectivity index (χ3n) is 2.31. The van der Waals surface area contributed by atoms with Gasteiger partial charge in [0.25, 0.3) is 5.91 Å². The molecule has 1 aromatic carbocycles. The lowest BCUT2D eigenvalue weighted by molar-refractivity contribution is -0.122. The van der Waals surface area contributed by atoms with Gasteiger partial charge in [-0.25, -0.2) is 10.9 Å². The van der Waals surface area contributed by atoms with Gasteiger partial charge < -0.3 is 4.74 Å². The lowest BCUT2D eigenvalue weighted by Crippen LogP contribution is -2.34. The van der Waals surface area contributed by atoms with E-state index in [1.807, 2.05) is 31.2 Å². The first kappa shape index (κ1) is 13.1. The van der Waals surface area contributed by atoms with E-state index in [1.165, 1.54) is 11.8 Å². The Balaban J connectivity index is 2.18. The number of nitrogens with two attached hydrogens (primary N) is 1. The molecule has 0 aromatic heterocycles. The van der Waals surface area contributed by atoms with Crippen molar-refractivity contribution in [1.29, 1.82) is 0 Å². The van der Waals surface area contributed by atoms with E-state index < -0.39 is 0 Å². The number of hydrogen-bond donors (Lipinski definition) is 1. The fourth-order valence-corrected chi connectivity index (χ4v) is 2.56. The summed E-state index contributed by atoms with van der Waals surface area (Å²) in [7, 11) is 0. The molecule has 2 rings (SSSR count). The van der Waals surface area contributed by atoms with Gasteiger partial charge in [0.2, 0.25) is 0 Å². The number of thiocarbonyl (C=S) groups is 1. The average Bonchev–Trinajstić information content (AvgIpc) is 2.60. The third-order valence-corrected chi connectivity index (χ3v) is 3.64. The molecule has 1 heterocycles. The van der Waals surface area contributed by atoms with Crippen molar-refractivity contribution in [2.24, 2.45) is 5.84 Å². The molecule has 18 heavy (non-hydrogen) atoms. The van der Waals surface area contributed by atoms with Crippen LogP contribution in [-0.2, 0) is 4.79 Å². The number of thioether (sulfide) groups is 1. The average molecular weight is 280 g/mol. The van der Waals surface area contributed by atoms with Gasteiger partial charge >= 0.3 is 0 Å². The van der Waals surface area contributed by atoms with Crippen LogP contribution in [0.15, 0.2) is 29.2 Å². The van der Waals surface area contributed by atoms with Crippen molar-refractivity contribution in [2.45, 2.75) is 6.92 Å². The fourth-order valence-electron chi connectivity index (χ4n) is 1.46. The highest BCUT2D eigenvalue weighted by atomic mass is 32.2. The highest BCUT2D eigenvalue weighted by molar-refractivity contribution is 8.26. The first-order valence-corrected chi connectivity index (χ1v) is 6.60. The first-order chi connectivity index (χ1) is 8.61. The van der Waals surface area contributed by atoms with Crippen LogP contribution in [0.5, 0.6) is 5.75 Å². The van der Waals surface area contributed by atoms with Crippen molar-refractivity contribution in [1.82, 2.24) is 5.01 Å². The van der Waals surface area contributed by atoms with Gasteiger partial charge in [-0.3, -0.25) is 4.79 Å². The summed E-state index contributed by atoms with van der Waals surface area (Å²) < 4.78 is 5.72. The lowest BCUT2D eigenvalue weighted by Gasteiger charge is -2.03. The highest BCUT2D eigenvalue weighted by Crippen LogP contribution is 2.30. The van der Waals surface area contributed by atoms with Gasteiger partial charge in [-0.05, 0) is 30.7 Å². The van der Waals surface area contributed by atoms with E-state index in [0.29, 0.717) is 15.8 Å². The molecule has 2 N–H and O–H groups in total. The summed E-state index contributed by atoms with van der Waals surface area (Å²) in [4.78, 5) is 12.2. The Morgan fingerprint density at radius 3 is 2.61 bits per heavy atom. The van der Waals surface area contributed by atoms with Gasteiger partial charge in [0.1, 0.15) is 5.75 Å². The summed E-state index contributed by atoms with van der Waals surface area (Å²) in [5.41, 5.74) is 0.910. The Bertz CT molecular complexity index is 511. The molecule has 1 aliphatic rings. The minimum absolute atomic E-state index is 0.265. The summed E-state index contributed by atoms with van der Waals surface area (Å²) in [6.07, 6.45) is 1.77. The Labute approximate surface area is 115 Å². The molecular weight excluding hydrogens is 268 g/mol. The van der Waals surface area contributed by atoms with E-state index in [4.69, 9.17) is 22.8 Å². The molecule has 0 radical (unpaired) electrons. The molecule has 94 valence electrons. The van der Waals surface area contributed by atoms with Gasteiger partial charge in [-0.1, -0.05) is 36.1 Å². The van der Waals surface area contributed by atoms with E-state index in [2.05, 4.69) is 0 Å². The van der Waals surface area contributed by atoms with Crippen molar-refractivity contribution in [3.8, 4) is 5.75 Å². The van der Waals surface area contributed by atoms with Crippen LogP contribution >= 0.6 is 24.0 Å². The molecule has 6 heteroatoms. The molecule has 1 aromatic rings. The van der Waals surface area contributed by atoms with E-state index in [-0.39, 0.29) is 5.91 Å². The normalized spacial score (nSPS) is 17.7. The molecule has 0 bridgehead atoms. The topological polar surface area (TPSA) is 55.6 Å². The number of carbonyl (C=O) groups excluding carboxylic acids is 1. The number of nitrogens with zero attached hydrogens (tertiary/aromatic N) is 1. The largest absolute Gasteiger partial charge is 0.494 e. The van der Waals surface area contributed by atoms with Crippen LogP contribution in [0.4, 0.5) is 0 Å². The summed E-state index contributed by atoms with van der Waals surface area (Å²) in [5, 5.41) is 0.987. The zero-order valence-corrected chi connectivity index (χ0v) is 11.4. The second kappa shape index (κ2) is 5.51. The molecule has 4 nitrogen and oxygen atoms in total. The monoisotopic (exact) mass is 280 g/mol. The predicted octanol–water partition coefficient (Wildman–Crippen LogP) is 2.16. The fraction of sp³-hybridized carbons (Fsp3) is 0.167. The predicted molar refractivity (Wildman–Crippen MR) is 76.8 cm³/mol. The molecular formula is C12H12N2O2S2. The smallest absolute Gasteiger partial charge is 0.280 e. The number of rotatable bonds is 3. The zero-order chi connectivity index (χ0) is 13.1. The van der Waals surface area contributed by atoms with Crippen LogP contribution in [0.3, 0.4) is 0 Å². The number of benzene rings is 1. The molecule has 0 unspecified atom stereocenters. The van der Waals surface area contributed by atoms with Crippen molar-refractivity contribution < 1.29 is 9.53 Å². The quantitative estimate of drug-likeness (QED) is 0.398. The lowest BCUT2D eigenvalue weighted by atomic mass is 10.2. The SMILES string of the molecule is CCOc1ccc(C=C2SC(=S)N(N)C2=O)cc1. The number of hydrogen-bond acceptors (Lipinski definition) is 5. The minimum Gasteiger partial charge on any atom is -0.494 e. The van der Waals surface area contributed by atoms with Crippen LogP contribution in [0, 0.1) is 0 Å². The second-order valence-electron chi connectivity index (χ2n) is 3.55. The maximum atomic E-state index is 11.7. The first-order valence-electron chi connectivity index (χ1n) is 5.37. The molecule has 0 saturated carbocycles. The van der Waals surface area contributed by atoms with Gasteiger partial charge in [-0.15, -0.1) is 0 Å². The van der Waals surface area contributed by atoms with E-state index in [1.54, 1.807) is 6.08 Å². The second-order valence-corrected chi connectivity index (χ2v) is 5.23. The summed E-state index contributed by atoms with van der Waals surface area (Å²) in [5.74, 6) is 6.03. The molecule has 0 aliphatic carbocycles. The summed E-state index contributed by atoms with van der Waals surface area (Å²) in [6, 6.07) is 7.49. The van der Waals surface area contributed by atoms with Crippen molar-refractivity contribution in [3.63, 3.8) is 0 Å². The minimum atomic E-state index is -0.265. The number of hydrazine groups is 1. The van der Waals surface area contributed by atoms with Gasteiger partial charge in [0, 0.05) is 0 Å². The molecule has 0 spiro atoms. The number of carbonyl (C=O) groups is 1. The van der Waals surface area contributed by atoms with Crippen LogP contribution in [-0.4, -0.2) is 21.8 Å². The number of ether oxygens (including phenoxy) is 1. The third kappa shape index (κ3) is 2.72. The van der Waals surface area contributed by atoms with Crippen LogP contribution < -0.4 is 10.6 Å². The Morgan fingerprint density at radius 1 is 1.44 bits per heavy atom. The van der Waals surface area contributed by atoms with E-state index in [0.717, 1.165) is 16.3 Å². The zero-order valence-electron chi connectivity index (χ0n) is 9.75. The molecule has 1 fully saturated rings. The molecule has 0 atom stereocenters. The van der Waals surface area contributed by atoms with Crippen LogP contribution in [0.25, 0.3) is 6.08 Å². The van der Waals surface area contributed by atoms with Crippen LogP contribution in [0.2, 0.25) is 0 Å².